The van der Waals surface area contributed by atoms with Crippen molar-refractivity contribution < 1.29 is 0 Å². The number of benzene rings is 1. The Morgan fingerprint density at radius 1 is 0.556 bits per heavy atom. The second-order valence-electron chi connectivity index (χ2n) is 8.47. The van der Waals surface area contributed by atoms with Crippen molar-refractivity contribution in [2.75, 3.05) is 6.54 Å². The fourth-order valence-corrected chi connectivity index (χ4v) is 3.74. The fraction of sp³-hybridized carbons (Fsp3) is 0.769. The van der Waals surface area contributed by atoms with Crippen LogP contribution in [0.5, 0.6) is 0 Å². The van der Waals surface area contributed by atoms with Crippen LogP contribution in [0.25, 0.3) is 0 Å². The summed E-state index contributed by atoms with van der Waals surface area (Å²) in [5.74, 6) is 0. The maximum absolute atomic E-state index is 3.57. The third-order valence-corrected chi connectivity index (χ3v) is 5.66. The summed E-state index contributed by atoms with van der Waals surface area (Å²) >= 11 is 0. The zero-order chi connectivity index (χ0) is 19.4. The molecule has 0 fully saturated rings. The van der Waals surface area contributed by atoms with Gasteiger partial charge in [0.1, 0.15) is 0 Å². The minimum atomic E-state index is 1.01. The van der Waals surface area contributed by atoms with Crippen molar-refractivity contribution in [2.24, 2.45) is 0 Å². The first-order valence-electron chi connectivity index (χ1n) is 12.1. The Bertz CT molecular complexity index is 409. The first-order valence-corrected chi connectivity index (χ1v) is 12.1. The molecule has 1 nitrogen and oxygen atoms in total. The molecule has 0 aromatic heterocycles. The Labute approximate surface area is 170 Å². The summed E-state index contributed by atoms with van der Waals surface area (Å²) < 4.78 is 0. The van der Waals surface area contributed by atoms with E-state index in [9.17, 15) is 0 Å². The maximum Gasteiger partial charge on any atom is 0.0205 e. The molecule has 1 aromatic carbocycles. The van der Waals surface area contributed by atoms with Gasteiger partial charge in [0.2, 0.25) is 0 Å². The maximum atomic E-state index is 3.57. The molecule has 1 rings (SSSR count). The van der Waals surface area contributed by atoms with Gasteiger partial charge in [-0.3, -0.25) is 0 Å². The topological polar surface area (TPSA) is 12.0 Å². The molecule has 1 heteroatoms. The van der Waals surface area contributed by atoms with Gasteiger partial charge in [0, 0.05) is 6.54 Å². The average molecular weight is 374 g/mol. The Morgan fingerprint density at radius 2 is 0.963 bits per heavy atom. The van der Waals surface area contributed by atoms with Gasteiger partial charge in [-0.05, 0) is 25.5 Å². The molecule has 0 atom stereocenters. The predicted molar refractivity (Wildman–Crippen MR) is 122 cm³/mol. The van der Waals surface area contributed by atoms with E-state index in [-0.39, 0.29) is 0 Å². The molecule has 0 aliphatic heterocycles. The molecule has 1 N–H and O–H groups in total. The molecule has 27 heavy (non-hydrogen) atoms. The Hall–Kier alpha value is -0.820. The van der Waals surface area contributed by atoms with E-state index in [2.05, 4.69) is 43.4 Å². The SMILES string of the molecule is CCCCCCCCCCCCCCCCCCNCc1ccc(C)cc1. The number of unbranched alkanes of at least 4 members (excludes halogenated alkanes) is 15. The molecular weight excluding hydrogens is 326 g/mol. The highest BCUT2D eigenvalue weighted by Gasteiger charge is 1.95. The smallest absolute Gasteiger partial charge is 0.0205 e. The van der Waals surface area contributed by atoms with Crippen LogP contribution in [0.4, 0.5) is 0 Å². The number of rotatable bonds is 19. The lowest BCUT2D eigenvalue weighted by Crippen LogP contribution is -2.14. The molecule has 0 saturated carbocycles. The number of nitrogens with one attached hydrogen (secondary N) is 1. The van der Waals surface area contributed by atoms with Crippen LogP contribution in [0.3, 0.4) is 0 Å². The van der Waals surface area contributed by atoms with Crippen molar-refractivity contribution in [3.63, 3.8) is 0 Å². The lowest BCUT2D eigenvalue weighted by atomic mass is 10.0. The van der Waals surface area contributed by atoms with E-state index in [1.807, 2.05) is 0 Å². The van der Waals surface area contributed by atoms with E-state index in [0.717, 1.165) is 13.1 Å². The minimum absolute atomic E-state index is 1.01. The van der Waals surface area contributed by atoms with Gasteiger partial charge in [0.05, 0.1) is 0 Å². The summed E-state index contributed by atoms with van der Waals surface area (Å²) in [5, 5.41) is 3.57. The van der Waals surface area contributed by atoms with Crippen molar-refractivity contribution in [3.8, 4) is 0 Å². The van der Waals surface area contributed by atoms with Gasteiger partial charge in [-0.15, -0.1) is 0 Å². The molecule has 1 aromatic rings. The third-order valence-electron chi connectivity index (χ3n) is 5.66. The second kappa shape index (κ2) is 18.5. The summed E-state index contributed by atoms with van der Waals surface area (Å²) in [7, 11) is 0. The molecule has 0 aliphatic rings. The summed E-state index contributed by atoms with van der Waals surface area (Å²) in [6.45, 7) is 6.62. The Kier molecular flexibility index (Phi) is 16.6. The van der Waals surface area contributed by atoms with Crippen LogP contribution >= 0.6 is 0 Å². The van der Waals surface area contributed by atoms with Gasteiger partial charge in [0.15, 0.2) is 0 Å². The van der Waals surface area contributed by atoms with Crippen molar-refractivity contribution in [1.29, 1.82) is 0 Å². The van der Waals surface area contributed by atoms with Crippen LogP contribution in [0.1, 0.15) is 121 Å². The summed E-state index contributed by atoms with van der Waals surface area (Å²) in [6, 6.07) is 8.86. The third kappa shape index (κ3) is 15.9. The largest absolute Gasteiger partial charge is 0.313 e. The Balaban J connectivity index is 1.71. The van der Waals surface area contributed by atoms with Gasteiger partial charge in [-0.1, -0.05) is 133 Å². The van der Waals surface area contributed by atoms with Crippen LogP contribution in [-0.2, 0) is 6.54 Å². The van der Waals surface area contributed by atoms with E-state index in [0.29, 0.717) is 0 Å². The van der Waals surface area contributed by atoms with Crippen LogP contribution in [0, 0.1) is 6.92 Å². The molecule has 0 saturated heterocycles. The van der Waals surface area contributed by atoms with Crippen LogP contribution in [0.15, 0.2) is 24.3 Å². The zero-order valence-electron chi connectivity index (χ0n) is 18.5. The first kappa shape index (κ1) is 24.2. The molecule has 156 valence electrons. The quantitative estimate of drug-likeness (QED) is 0.240. The van der Waals surface area contributed by atoms with E-state index in [1.54, 1.807) is 0 Å². The monoisotopic (exact) mass is 373 g/mol. The van der Waals surface area contributed by atoms with Gasteiger partial charge in [-0.25, -0.2) is 0 Å². The van der Waals surface area contributed by atoms with Crippen LogP contribution in [-0.4, -0.2) is 6.54 Å². The molecule has 0 spiro atoms. The van der Waals surface area contributed by atoms with E-state index in [4.69, 9.17) is 0 Å². The van der Waals surface area contributed by atoms with Crippen molar-refractivity contribution in [2.45, 2.75) is 123 Å². The minimum Gasteiger partial charge on any atom is -0.313 e. The standard InChI is InChI=1S/C26H47N/c1-3-4-5-6-7-8-9-10-11-12-13-14-15-16-17-18-23-27-24-26-21-19-25(2)20-22-26/h19-22,27H,3-18,23-24H2,1-2H3. The summed E-state index contributed by atoms with van der Waals surface area (Å²) in [4.78, 5) is 0. The van der Waals surface area contributed by atoms with Gasteiger partial charge >= 0.3 is 0 Å². The summed E-state index contributed by atoms with van der Waals surface area (Å²) in [6.07, 6.45) is 23.0. The number of aryl methyl sites for hydroxylation is 1. The number of hydrogen-bond donors (Lipinski definition) is 1. The van der Waals surface area contributed by atoms with Crippen molar-refractivity contribution >= 4 is 0 Å². The van der Waals surface area contributed by atoms with E-state index in [1.165, 1.54) is 114 Å². The highest BCUT2D eigenvalue weighted by atomic mass is 14.8. The molecule has 0 aliphatic carbocycles. The van der Waals surface area contributed by atoms with Crippen LogP contribution in [0.2, 0.25) is 0 Å². The predicted octanol–water partition coefficient (Wildman–Crippen LogP) is 8.35. The van der Waals surface area contributed by atoms with Crippen molar-refractivity contribution in [3.05, 3.63) is 35.4 Å². The molecule has 0 unspecified atom stereocenters. The second-order valence-corrected chi connectivity index (χ2v) is 8.47. The van der Waals surface area contributed by atoms with Gasteiger partial charge < -0.3 is 5.32 Å². The van der Waals surface area contributed by atoms with E-state index >= 15 is 0 Å². The van der Waals surface area contributed by atoms with Gasteiger partial charge in [0.25, 0.3) is 0 Å². The normalized spacial score (nSPS) is 11.2. The molecule has 0 radical (unpaired) electrons. The highest BCUT2D eigenvalue weighted by molar-refractivity contribution is 5.20. The average Bonchev–Trinajstić information content (AvgIpc) is 2.68. The van der Waals surface area contributed by atoms with Gasteiger partial charge in [-0.2, -0.15) is 0 Å². The molecule has 0 heterocycles. The molecule has 0 amide bonds. The summed E-state index contributed by atoms with van der Waals surface area (Å²) in [5.41, 5.74) is 2.74. The number of hydrogen-bond acceptors (Lipinski definition) is 1. The molecular formula is C26H47N. The highest BCUT2D eigenvalue weighted by Crippen LogP contribution is 2.13. The Morgan fingerprint density at radius 3 is 1.41 bits per heavy atom. The fourth-order valence-electron chi connectivity index (χ4n) is 3.74. The first-order chi connectivity index (χ1) is 13.3. The lowest BCUT2D eigenvalue weighted by molar-refractivity contribution is 0.525. The van der Waals surface area contributed by atoms with Crippen LogP contribution < -0.4 is 5.32 Å². The molecule has 0 bridgehead atoms. The lowest BCUT2D eigenvalue weighted by Gasteiger charge is -2.06. The van der Waals surface area contributed by atoms with E-state index < -0.39 is 0 Å². The zero-order valence-corrected chi connectivity index (χ0v) is 18.5. The van der Waals surface area contributed by atoms with Crippen molar-refractivity contribution in [1.82, 2.24) is 5.32 Å².